The molecule has 1 aromatic carbocycles. The van der Waals surface area contributed by atoms with Crippen molar-refractivity contribution < 1.29 is 4.79 Å². The lowest BCUT2D eigenvalue weighted by atomic mass is 9.85. The van der Waals surface area contributed by atoms with Crippen LogP contribution in [0.3, 0.4) is 0 Å². The van der Waals surface area contributed by atoms with Crippen LogP contribution in [0.4, 0.5) is 0 Å². The molecule has 0 N–H and O–H groups in total. The minimum absolute atomic E-state index is 0.211. The fraction of sp³-hybridized carbons (Fsp3) is 0.632. The average molecular weight is 322 g/mol. The molecule has 1 aliphatic heterocycles. The Balaban J connectivity index is 1.84. The lowest BCUT2D eigenvalue weighted by molar-refractivity contribution is -0.132. The molecule has 0 radical (unpaired) electrons. The first kappa shape index (κ1) is 17.3. The molecule has 0 bridgehead atoms. The highest BCUT2D eigenvalue weighted by Crippen LogP contribution is 2.25. The largest absolute Gasteiger partial charge is 0.343 e. The second-order valence-corrected chi connectivity index (χ2v) is 7.79. The van der Waals surface area contributed by atoms with E-state index >= 15 is 0 Å². The van der Waals surface area contributed by atoms with Gasteiger partial charge in [-0.15, -0.1) is 11.6 Å². The smallest absolute Gasteiger partial charge is 0.223 e. The molecule has 1 heterocycles. The molecule has 0 unspecified atom stereocenters. The second-order valence-electron chi connectivity index (χ2n) is 7.41. The van der Waals surface area contributed by atoms with Gasteiger partial charge in [-0.25, -0.2) is 0 Å². The minimum atomic E-state index is 0.211. The molecule has 2 nitrogen and oxygen atoms in total. The molecular formula is C19H28ClNO. The summed E-state index contributed by atoms with van der Waals surface area (Å²) in [5.41, 5.74) is 3.02. The predicted molar refractivity (Wildman–Crippen MR) is 93.5 cm³/mol. The highest BCUT2D eigenvalue weighted by molar-refractivity contribution is 6.18. The van der Waals surface area contributed by atoms with Crippen molar-refractivity contribution in [3.05, 3.63) is 35.4 Å². The lowest BCUT2D eigenvalue weighted by Crippen LogP contribution is -2.38. The Morgan fingerprint density at radius 3 is 2.27 bits per heavy atom. The van der Waals surface area contributed by atoms with Crippen LogP contribution in [0, 0.1) is 5.92 Å². The number of amides is 1. The Bertz CT molecular complexity index is 481. The average Bonchev–Trinajstić information content (AvgIpc) is 2.48. The number of piperidine rings is 1. The fourth-order valence-corrected chi connectivity index (χ4v) is 3.26. The van der Waals surface area contributed by atoms with Gasteiger partial charge in [0.05, 0.1) is 0 Å². The van der Waals surface area contributed by atoms with Crippen molar-refractivity contribution in [1.82, 2.24) is 4.90 Å². The van der Waals surface area contributed by atoms with Gasteiger partial charge in [0.25, 0.3) is 0 Å². The van der Waals surface area contributed by atoms with Gasteiger partial charge in [-0.05, 0) is 41.7 Å². The van der Waals surface area contributed by atoms with Crippen molar-refractivity contribution in [3.63, 3.8) is 0 Å². The van der Waals surface area contributed by atoms with Gasteiger partial charge >= 0.3 is 0 Å². The fourth-order valence-electron chi connectivity index (χ4n) is 3.10. The third-order valence-corrected chi connectivity index (χ3v) is 4.81. The van der Waals surface area contributed by atoms with E-state index in [4.69, 9.17) is 11.6 Å². The Hall–Kier alpha value is -1.02. The summed E-state index contributed by atoms with van der Waals surface area (Å²) in [5, 5.41) is 0. The zero-order valence-electron chi connectivity index (χ0n) is 14.1. The quantitative estimate of drug-likeness (QED) is 0.753. The summed E-state index contributed by atoms with van der Waals surface area (Å²) in [6, 6.07) is 9.06. The van der Waals surface area contributed by atoms with Gasteiger partial charge < -0.3 is 4.90 Å². The number of nitrogens with zero attached hydrogens (tertiary/aromatic N) is 1. The maximum atomic E-state index is 11.8. The molecule has 0 aromatic heterocycles. The second kappa shape index (κ2) is 7.50. The van der Waals surface area contributed by atoms with Crippen molar-refractivity contribution in [3.8, 4) is 0 Å². The molecule has 22 heavy (non-hydrogen) atoms. The molecule has 0 aliphatic carbocycles. The number of carbonyl (C=O) groups excluding carboxylic acids is 1. The molecular weight excluding hydrogens is 294 g/mol. The number of hydrogen-bond donors (Lipinski definition) is 0. The standard InChI is InChI=1S/C19H28ClNO/c1-19(2,3)17-6-4-15(5-7-17)14-16-9-12-21(13-10-16)18(22)8-11-20/h4-7,16H,8-14H2,1-3H3. The van der Waals surface area contributed by atoms with Crippen LogP contribution in [0.5, 0.6) is 0 Å². The molecule has 3 heteroatoms. The van der Waals surface area contributed by atoms with Crippen LogP contribution in [-0.4, -0.2) is 29.8 Å². The van der Waals surface area contributed by atoms with E-state index in [1.54, 1.807) is 0 Å². The summed E-state index contributed by atoms with van der Waals surface area (Å²) in [6.45, 7) is 8.52. The number of benzene rings is 1. The molecule has 0 spiro atoms. The van der Waals surface area contributed by atoms with Gasteiger partial charge in [0.15, 0.2) is 0 Å². The molecule has 1 amide bonds. The van der Waals surface area contributed by atoms with Crippen LogP contribution in [0.25, 0.3) is 0 Å². The Labute approximate surface area is 139 Å². The summed E-state index contributed by atoms with van der Waals surface area (Å²) in [7, 11) is 0. The van der Waals surface area contributed by atoms with Crippen LogP contribution in [-0.2, 0) is 16.6 Å². The molecule has 1 saturated heterocycles. The van der Waals surface area contributed by atoms with E-state index in [1.807, 2.05) is 4.90 Å². The predicted octanol–water partition coefficient (Wildman–Crippen LogP) is 4.39. The summed E-state index contributed by atoms with van der Waals surface area (Å²) in [4.78, 5) is 13.8. The van der Waals surface area contributed by atoms with Gasteiger partial charge in [0.1, 0.15) is 0 Å². The lowest BCUT2D eigenvalue weighted by Gasteiger charge is -2.32. The van der Waals surface area contributed by atoms with Crippen LogP contribution < -0.4 is 0 Å². The van der Waals surface area contributed by atoms with Gasteiger partial charge in [0.2, 0.25) is 5.91 Å². The SMILES string of the molecule is CC(C)(C)c1ccc(CC2CCN(C(=O)CCCl)CC2)cc1. The molecule has 122 valence electrons. The minimum Gasteiger partial charge on any atom is -0.343 e. The maximum absolute atomic E-state index is 11.8. The summed E-state index contributed by atoms with van der Waals surface area (Å²) >= 11 is 5.65. The third-order valence-electron chi connectivity index (χ3n) is 4.62. The summed E-state index contributed by atoms with van der Waals surface area (Å²) in [5.74, 6) is 1.34. The van der Waals surface area contributed by atoms with Crippen molar-refractivity contribution in [2.75, 3.05) is 19.0 Å². The van der Waals surface area contributed by atoms with Crippen LogP contribution in [0.15, 0.2) is 24.3 Å². The van der Waals surface area contributed by atoms with E-state index in [2.05, 4.69) is 45.0 Å². The van der Waals surface area contributed by atoms with E-state index in [0.717, 1.165) is 32.4 Å². The van der Waals surface area contributed by atoms with E-state index in [-0.39, 0.29) is 11.3 Å². The molecule has 1 aromatic rings. The Kier molecular flexibility index (Phi) is 5.91. The molecule has 0 saturated carbocycles. The monoisotopic (exact) mass is 321 g/mol. The zero-order chi connectivity index (χ0) is 16.2. The number of rotatable bonds is 4. The molecule has 2 rings (SSSR count). The Morgan fingerprint density at radius 2 is 1.77 bits per heavy atom. The molecule has 0 atom stereocenters. The van der Waals surface area contributed by atoms with E-state index in [9.17, 15) is 4.79 Å². The number of halogens is 1. The van der Waals surface area contributed by atoms with Gasteiger partial charge in [-0.3, -0.25) is 4.79 Å². The van der Waals surface area contributed by atoms with Gasteiger partial charge in [-0.1, -0.05) is 45.0 Å². The highest BCUT2D eigenvalue weighted by Gasteiger charge is 2.22. The normalized spacial score (nSPS) is 16.8. The zero-order valence-corrected chi connectivity index (χ0v) is 14.8. The highest BCUT2D eigenvalue weighted by atomic mass is 35.5. The van der Waals surface area contributed by atoms with E-state index < -0.39 is 0 Å². The summed E-state index contributed by atoms with van der Waals surface area (Å²) in [6.07, 6.45) is 3.81. The number of likely N-dealkylation sites (tertiary alicyclic amines) is 1. The van der Waals surface area contributed by atoms with Gasteiger partial charge in [-0.2, -0.15) is 0 Å². The molecule has 1 fully saturated rings. The van der Waals surface area contributed by atoms with Gasteiger partial charge in [0, 0.05) is 25.4 Å². The maximum Gasteiger partial charge on any atom is 0.223 e. The van der Waals surface area contributed by atoms with Crippen molar-refractivity contribution >= 4 is 17.5 Å². The third kappa shape index (κ3) is 4.74. The molecule has 1 aliphatic rings. The topological polar surface area (TPSA) is 20.3 Å². The van der Waals surface area contributed by atoms with E-state index in [0.29, 0.717) is 18.2 Å². The first-order chi connectivity index (χ1) is 10.4. The number of hydrogen-bond acceptors (Lipinski definition) is 1. The van der Waals surface area contributed by atoms with Crippen LogP contribution in [0.2, 0.25) is 0 Å². The van der Waals surface area contributed by atoms with Crippen LogP contribution >= 0.6 is 11.6 Å². The van der Waals surface area contributed by atoms with Crippen molar-refractivity contribution in [2.45, 2.75) is 51.9 Å². The van der Waals surface area contributed by atoms with Crippen molar-refractivity contribution in [1.29, 1.82) is 0 Å². The first-order valence-electron chi connectivity index (χ1n) is 8.33. The number of carbonyl (C=O) groups is 1. The Morgan fingerprint density at radius 1 is 1.18 bits per heavy atom. The summed E-state index contributed by atoms with van der Waals surface area (Å²) < 4.78 is 0. The van der Waals surface area contributed by atoms with Crippen molar-refractivity contribution in [2.24, 2.45) is 5.92 Å². The first-order valence-corrected chi connectivity index (χ1v) is 8.87. The van der Waals surface area contributed by atoms with Crippen LogP contribution in [0.1, 0.15) is 51.2 Å². The van der Waals surface area contributed by atoms with E-state index in [1.165, 1.54) is 11.1 Å². The number of alkyl halides is 1.